The largest absolute Gasteiger partial charge is 0.496 e. The van der Waals surface area contributed by atoms with Crippen LogP contribution in [-0.2, 0) is 35.8 Å². The molecule has 1 N–H and O–H groups in total. The van der Waals surface area contributed by atoms with Crippen molar-refractivity contribution < 1.29 is 38.3 Å². The van der Waals surface area contributed by atoms with E-state index in [2.05, 4.69) is 56.7 Å². The molecule has 3 aromatic carbocycles. The molecular formula is C40H54N2O8. The molecule has 0 amide bonds. The molecule has 3 aromatic rings. The van der Waals surface area contributed by atoms with Crippen molar-refractivity contribution in [3.8, 4) is 11.5 Å². The van der Waals surface area contributed by atoms with E-state index in [1.807, 2.05) is 48.5 Å². The molecule has 3 saturated heterocycles. The molecule has 10 nitrogen and oxygen atoms in total. The Kier molecular flexibility index (Phi) is 11.2. The third-order valence-electron chi connectivity index (χ3n) is 9.73. The first-order chi connectivity index (χ1) is 23.9. The van der Waals surface area contributed by atoms with Gasteiger partial charge in [0.15, 0.2) is 19.4 Å². The molecule has 0 spiro atoms. The summed E-state index contributed by atoms with van der Waals surface area (Å²) in [7, 11) is 5.35. The van der Waals surface area contributed by atoms with Crippen molar-refractivity contribution in [3.63, 3.8) is 0 Å². The number of hydrogen-bond donors (Lipinski definition) is 1. The van der Waals surface area contributed by atoms with Crippen molar-refractivity contribution in [1.29, 1.82) is 0 Å². The molecule has 3 heterocycles. The van der Waals surface area contributed by atoms with Crippen LogP contribution >= 0.6 is 0 Å². The highest BCUT2D eigenvalue weighted by Gasteiger charge is 2.42. The van der Waals surface area contributed by atoms with E-state index in [1.54, 1.807) is 14.2 Å². The standard InChI is InChI=1S/C40H54N2O8/c1-38(2)23-46-36(47-24-38)29-11-13-34(45-7)32(20-29)40(43,31-10-8-9-28(19-31)22-42-17-15-41(5)16-18-42)33-21-30(12-14-35(33)50-27-44-6)37-48-25-39(3,4)26-49-37/h8-14,19-21,36-37,43H,15-18,22-27H2,1-7H3. The third kappa shape index (κ3) is 8.19. The first-order valence-corrected chi connectivity index (χ1v) is 17.5. The van der Waals surface area contributed by atoms with Gasteiger partial charge in [0, 0.05) is 72.9 Å². The van der Waals surface area contributed by atoms with E-state index in [-0.39, 0.29) is 17.6 Å². The molecule has 0 bridgehead atoms. The zero-order chi connectivity index (χ0) is 35.5. The van der Waals surface area contributed by atoms with Gasteiger partial charge < -0.3 is 43.2 Å². The Hall–Kier alpha value is -3.06. The molecule has 0 saturated carbocycles. The number of nitrogens with zero attached hydrogens (tertiary/aromatic N) is 2. The van der Waals surface area contributed by atoms with Crippen LogP contribution in [0.3, 0.4) is 0 Å². The van der Waals surface area contributed by atoms with Gasteiger partial charge in [0.2, 0.25) is 0 Å². The number of likely N-dealkylation sites (N-methyl/N-ethyl adjacent to an activating group) is 1. The van der Waals surface area contributed by atoms with Crippen molar-refractivity contribution in [2.45, 2.75) is 52.4 Å². The molecule has 50 heavy (non-hydrogen) atoms. The van der Waals surface area contributed by atoms with E-state index < -0.39 is 18.2 Å². The number of aliphatic hydroxyl groups is 1. The van der Waals surface area contributed by atoms with Crippen LogP contribution in [0.15, 0.2) is 60.7 Å². The fraction of sp³-hybridized carbons (Fsp3) is 0.550. The van der Waals surface area contributed by atoms with Crippen molar-refractivity contribution >= 4 is 0 Å². The Morgan fingerprint density at radius 1 is 0.740 bits per heavy atom. The summed E-state index contributed by atoms with van der Waals surface area (Å²) in [5, 5.41) is 13.6. The van der Waals surface area contributed by atoms with E-state index in [9.17, 15) is 5.11 Å². The minimum atomic E-state index is -1.76. The van der Waals surface area contributed by atoms with Gasteiger partial charge in [-0.1, -0.05) is 64.1 Å². The summed E-state index contributed by atoms with van der Waals surface area (Å²) in [6.07, 6.45) is -1.20. The van der Waals surface area contributed by atoms with Gasteiger partial charge in [-0.15, -0.1) is 0 Å². The second kappa shape index (κ2) is 15.3. The molecule has 3 aliphatic rings. The van der Waals surface area contributed by atoms with E-state index in [4.69, 9.17) is 33.2 Å². The maximum atomic E-state index is 13.6. The number of benzene rings is 3. The predicted molar refractivity (Wildman–Crippen MR) is 190 cm³/mol. The number of rotatable bonds is 11. The van der Waals surface area contributed by atoms with Gasteiger partial charge >= 0.3 is 0 Å². The molecule has 10 heteroatoms. The van der Waals surface area contributed by atoms with Crippen LogP contribution in [0.5, 0.6) is 11.5 Å². The maximum Gasteiger partial charge on any atom is 0.188 e. The van der Waals surface area contributed by atoms with Gasteiger partial charge in [0.1, 0.15) is 17.1 Å². The molecule has 6 rings (SSSR count). The normalized spacial score (nSPS) is 21.8. The summed E-state index contributed by atoms with van der Waals surface area (Å²) in [4.78, 5) is 4.80. The Bertz CT molecular complexity index is 1580. The SMILES string of the molecule is COCOc1ccc(C2OCC(C)(C)CO2)cc1C(O)(c1cccc(CN2CCN(C)CC2)c1)c1cc(C2OCC(C)(C)CO2)ccc1OC. The Morgan fingerprint density at radius 2 is 1.28 bits per heavy atom. The van der Waals surface area contributed by atoms with Crippen molar-refractivity contribution in [2.75, 3.05) is 80.7 Å². The lowest BCUT2D eigenvalue weighted by atomic mass is 9.77. The predicted octanol–water partition coefficient (Wildman–Crippen LogP) is 5.85. The average Bonchev–Trinajstić information content (AvgIpc) is 3.11. The molecule has 3 fully saturated rings. The zero-order valence-corrected chi connectivity index (χ0v) is 30.7. The summed E-state index contributed by atoms with van der Waals surface area (Å²) in [5.74, 6) is 0.963. The summed E-state index contributed by atoms with van der Waals surface area (Å²) in [6, 6.07) is 19.6. The van der Waals surface area contributed by atoms with Crippen LogP contribution in [0.4, 0.5) is 0 Å². The molecule has 0 radical (unpaired) electrons. The minimum absolute atomic E-state index is 0.00674. The Balaban J connectivity index is 1.50. The van der Waals surface area contributed by atoms with Crippen LogP contribution in [0.2, 0.25) is 0 Å². The van der Waals surface area contributed by atoms with E-state index >= 15 is 0 Å². The number of hydrogen-bond acceptors (Lipinski definition) is 10. The molecule has 272 valence electrons. The lowest BCUT2D eigenvalue weighted by molar-refractivity contribution is -0.226. The highest BCUT2D eigenvalue weighted by Crippen LogP contribution is 2.47. The number of methoxy groups -OCH3 is 2. The smallest absolute Gasteiger partial charge is 0.188 e. The van der Waals surface area contributed by atoms with Gasteiger partial charge in [-0.25, -0.2) is 0 Å². The van der Waals surface area contributed by atoms with Crippen molar-refractivity contribution in [3.05, 3.63) is 94.0 Å². The molecular weight excluding hydrogens is 636 g/mol. The van der Waals surface area contributed by atoms with E-state index in [0.29, 0.717) is 54.6 Å². The van der Waals surface area contributed by atoms with Crippen molar-refractivity contribution in [1.82, 2.24) is 9.80 Å². The van der Waals surface area contributed by atoms with Gasteiger partial charge in [-0.2, -0.15) is 0 Å². The van der Waals surface area contributed by atoms with Crippen LogP contribution in [0.25, 0.3) is 0 Å². The highest BCUT2D eigenvalue weighted by atomic mass is 16.7. The van der Waals surface area contributed by atoms with Crippen LogP contribution in [-0.4, -0.2) is 95.6 Å². The third-order valence-corrected chi connectivity index (χ3v) is 9.73. The van der Waals surface area contributed by atoms with E-state index in [0.717, 1.165) is 49.4 Å². The molecule has 1 unspecified atom stereocenters. The van der Waals surface area contributed by atoms with Crippen LogP contribution in [0.1, 0.15) is 73.7 Å². The monoisotopic (exact) mass is 690 g/mol. The fourth-order valence-corrected chi connectivity index (χ4v) is 6.76. The first-order valence-electron chi connectivity index (χ1n) is 17.5. The summed E-state index contributed by atoms with van der Waals surface area (Å²) < 4.78 is 42.4. The lowest BCUT2D eigenvalue weighted by Crippen LogP contribution is -2.43. The molecule has 1 atom stereocenters. The van der Waals surface area contributed by atoms with Gasteiger partial charge in [0.05, 0.1) is 33.5 Å². The Morgan fingerprint density at radius 3 is 1.82 bits per heavy atom. The number of piperazine rings is 1. The lowest BCUT2D eigenvalue weighted by Gasteiger charge is -2.37. The molecule has 3 aliphatic heterocycles. The van der Waals surface area contributed by atoms with E-state index in [1.165, 1.54) is 0 Å². The molecule has 0 aromatic heterocycles. The van der Waals surface area contributed by atoms with Crippen molar-refractivity contribution in [2.24, 2.45) is 10.8 Å². The fourth-order valence-electron chi connectivity index (χ4n) is 6.76. The van der Waals surface area contributed by atoms with Crippen LogP contribution in [0, 0.1) is 10.8 Å². The van der Waals surface area contributed by atoms with Crippen LogP contribution < -0.4 is 9.47 Å². The van der Waals surface area contributed by atoms with Gasteiger partial charge in [-0.05, 0) is 42.4 Å². The summed E-state index contributed by atoms with van der Waals surface area (Å²) in [6.45, 7) is 15.4. The molecule has 0 aliphatic carbocycles. The maximum absolute atomic E-state index is 13.6. The minimum Gasteiger partial charge on any atom is -0.496 e. The summed E-state index contributed by atoms with van der Waals surface area (Å²) >= 11 is 0. The quantitative estimate of drug-likeness (QED) is 0.195. The topological polar surface area (TPSA) is 91.3 Å². The first kappa shape index (κ1) is 36.7. The second-order valence-electron chi connectivity index (χ2n) is 15.5. The van der Waals surface area contributed by atoms with Gasteiger partial charge in [-0.3, -0.25) is 4.90 Å². The Labute approximate surface area is 297 Å². The number of ether oxygens (including phenoxy) is 7. The summed E-state index contributed by atoms with van der Waals surface area (Å²) in [5.41, 5.74) is 2.38. The average molecular weight is 691 g/mol. The highest BCUT2D eigenvalue weighted by molar-refractivity contribution is 5.58. The zero-order valence-electron chi connectivity index (χ0n) is 30.7. The van der Waals surface area contributed by atoms with Gasteiger partial charge in [0.25, 0.3) is 0 Å². The second-order valence-corrected chi connectivity index (χ2v) is 15.5.